The molecule has 19 heavy (non-hydrogen) atoms. The van der Waals surface area contributed by atoms with Gasteiger partial charge >= 0.3 is 0 Å². The summed E-state index contributed by atoms with van der Waals surface area (Å²) in [5.41, 5.74) is 0. The third kappa shape index (κ3) is 3.57. The molecule has 1 aliphatic heterocycles. The van der Waals surface area contributed by atoms with Gasteiger partial charge in [0.2, 0.25) is 0 Å². The number of carbonyl (C=O) groups is 1. The zero-order valence-corrected chi connectivity index (χ0v) is 12.7. The minimum Gasteiger partial charge on any atom is -0.305 e. The van der Waals surface area contributed by atoms with E-state index in [0.717, 1.165) is 24.1 Å². The van der Waals surface area contributed by atoms with Gasteiger partial charge in [0.25, 0.3) is 0 Å². The Labute approximate surface area is 118 Å². The highest BCUT2D eigenvalue weighted by Gasteiger charge is 2.25. The van der Waals surface area contributed by atoms with Crippen LogP contribution >= 0.6 is 11.8 Å². The van der Waals surface area contributed by atoms with E-state index in [1.165, 1.54) is 31.1 Å². The number of nitrogens with zero attached hydrogens (tertiary/aromatic N) is 4. The van der Waals surface area contributed by atoms with Crippen LogP contribution in [0.4, 0.5) is 0 Å². The predicted molar refractivity (Wildman–Crippen MR) is 76.4 cm³/mol. The molecule has 0 N–H and O–H groups in total. The van der Waals surface area contributed by atoms with Gasteiger partial charge in [-0.05, 0) is 39.8 Å². The first kappa shape index (κ1) is 14.5. The number of likely N-dealkylation sites (N-methyl/N-ethyl adjacent to an activating group) is 1. The Morgan fingerprint density at radius 3 is 2.95 bits per heavy atom. The van der Waals surface area contributed by atoms with Crippen LogP contribution in [0.5, 0.6) is 0 Å². The third-order valence-electron chi connectivity index (χ3n) is 3.60. The van der Waals surface area contributed by atoms with Crippen LogP contribution in [0, 0.1) is 6.92 Å². The Bertz CT molecular complexity index is 446. The summed E-state index contributed by atoms with van der Waals surface area (Å²) in [6.45, 7) is 9.03. The molecule has 1 unspecified atom stereocenters. The number of hydrogen-bond donors (Lipinski definition) is 0. The van der Waals surface area contributed by atoms with E-state index in [-0.39, 0.29) is 5.78 Å². The van der Waals surface area contributed by atoms with Gasteiger partial charge in [0.1, 0.15) is 11.6 Å². The Morgan fingerprint density at radius 2 is 2.26 bits per heavy atom. The maximum absolute atomic E-state index is 11.1. The summed E-state index contributed by atoms with van der Waals surface area (Å²) < 4.78 is 2.16. The minimum absolute atomic E-state index is 0.174. The molecule has 0 spiro atoms. The van der Waals surface area contributed by atoms with Crippen molar-refractivity contribution >= 4 is 17.5 Å². The van der Waals surface area contributed by atoms with Gasteiger partial charge < -0.3 is 4.57 Å². The monoisotopic (exact) mass is 282 g/mol. The smallest absolute Gasteiger partial charge is 0.191 e. The number of aromatic nitrogens is 3. The molecule has 106 valence electrons. The molecule has 1 atom stereocenters. The van der Waals surface area contributed by atoms with E-state index in [1.54, 1.807) is 6.92 Å². The van der Waals surface area contributed by atoms with Gasteiger partial charge in [-0.3, -0.25) is 9.69 Å². The van der Waals surface area contributed by atoms with Crippen molar-refractivity contribution in [2.24, 2.45) is 0 Å². The summed E-state index contributed by atoms with van der Waals surface area (Å²) in [7, 11) is 0. The van der Waals surface area contributed by atoms with E-state index in [0.29, 0.717) is 11.8 Å². The molecule has 1 fully saturated rings. The van der Waals surface area contributed by atoms with Crippen LogP contribution in [-0.4, -0.2) is 50.3 Å². The van der Waals surface area contributed by atoms with Crippen molar-refractivity contribution in [3.05, 3.63) is 5.82 Å². The lowest BCUT2D eigenvalue weighted by Gasteiger charge is -2.23. The van der Waals surface area contributed by atoms with Crippen LogP contribution in [-0.2, 0) is 11.3 Å². The first-order valence-corrected chi connectivity index (χ1v) is 7.86. The van der Waals surface area contributed by atoms with Crippen LogP contribution in [0.25, 0.3) is 0 Å². The molecule has 0 aromatic carbocycles. The Hall–Kier alpha value is -0.880. The van der Waals surface area contributed by atoms with Crippen LogP contribution in [0.3, 0.4) is 0 Å². The zero-order valence-electron chi connectivity index (χ0n) is 11.9. The normalized spacial score (nSPS) is 20.1. The molecule has 0 aliphatic carbocycles. The number of ketones is 1. The van der Waals surface area contributed by atoms with Crippen molar-refractivity contribution in [3.63, 3.8) is 0 Å². The van der Waals surface area contributed by atoms with Gasteiger partial charge in [-0.2, -0.15) is 0 Å². The van der Waals surface area contributed by atoms with E-state index < -0.39 is 0 Å². The van der Waals surface area contributed by atoms with Gasteiger partial charge in [0.05, 0.1) is 5.75 Å². The third-order valence-corrected chi connectivity index (χ3v) is 4.72. The van der Waals surface area contributed by atoms with Crippen molar-refractivity contribution in [1.82, 2.24) is 19.7 Å². The number of hydrogen-bond acceptors (Lipinski definition) is 5. The maximum Gasteiger partial charge on any atom is 0.191 e. The van der Waals surface area contributed by atoms with Gasteiger partial charge in [-0.1, -0.05) is 18.7 Å². The fraction of sp³-hybridized carbons (Fsp3) is 0.769. The molecule has 1 saturated heterocycles. The lowest BCUT2D eigenvalue weighted by Crippen LogP contribution is -2.33. The van der Waals surface area contributed by atoms with Gasteiger partial charge in [0.15, 0.2) is 5.16 Å². The van der Waals surface area contributed by atoms with E-state index in [2.05, 4.69) is 26.6 Å². The van der Waals surface area contributed by atoms with E-state index in [9.17, 15) is 4.79 Å². The lowest BCUT2D eigenvalue weighted by molar-refractivity contribution is -0.114. The standard InChI is InChI=1S/C13H22N4OS/c1-4-16-7-5-6-12(16)8-17-11(3)14-15-13(17)19-9-10(2)18/h12H,4-9H2,1-3H3. The quantitative estimate of drug-likeness (QED) is 0.744. The van der Waals surface area contributed by atoms with Gasteiger partial charge in [-0.15, -0.1) is 10.2 Å². The summed E-state index contributed by atoms with van der Waals surface area (Å²) in [6, 6.07) is 0.580. The average molecular weight is 282 g/mol. The molecule has 5 nitrogen and oxygen atoms in total. The van der Waals surface area contributed by atoms with E-state index in [4.69, 9.17) is 0 Å². The topological polar surface area (TPSA) is 51.0 Å². The SMILES string of the molecule is CCN1CCCC1Cn1c(C)nnc1SCC(C)=O. The van der Waals surface area contributed by atoms with Crippen LogP contribution in [0.15, 0.2) is 5.16 Å². The van der Waals surface area contributed by atoms with Crippen LogP contribution in [0.1, 0.15) is 32.5 Å². The summed E-state index contributed by atoms with van der Waals surface area (Å²) >= 11 is 1.49. The summed E-state index contributed by atoms with van der Waals surface area (Å²) in [4.78, 5) is 13.6. The highest BCUT2D eigenvalue weighted by Crippen LogP contribution is 2.22. The molecule has 1 aromatic heterocycles. The molecule has 2 heterocycles. The Morgan fingerprint density at radius 1 is 1.47 bits per heavy atom. The molecule has 1 aromatic rings. The molecule has 6 heteroatoms. The highest BCUT2D eigenvalue weighted by molar-refractivity contribution is 7.99. The van der Waals surface area contributed by atoms with Crippen molar-refractivity contribution in [3.8, 4) is 0 Å². The highest BCUT2D eigenvalue weighted by atomic mass is 32.2. The summed E-state index contributed by atoms with van der Waals surface area (Å²) in [5, 5.41) is 9.21. The molecule has 0 saturated carbocycles. The van der Waals surface area contributed by atoms with Gasteiger partial charge in [-0.25, -0.2) is 0 Å². The van der Waals surface area contributed by atoms with Crippen molar-refractivity contribution in [1.29, 1.82) is 0 Å². The number of rotatable bonds is 6. The molecule has 2 rings (SSSR count). The van der Waals surface area contributed by atoms with E-state index in [1.807, 2.05) is 6.92 Å². The number of thioether (sulfide) groups is 1. The fourth-order valence-electron chi connectivity index (χ4n) is 2.57. The molecule has 1 aliphatic rings. The van der Waals surface area contributed by atoms with Crippen LogP contribution < -0.4 is 0 Å². The summed E-state index contributed by atoms with van der Waals surface area (Å²) in [5.74, 6) is 1.59. The molecule has 0 bridgehead atoms. The van der Waals surface area contributed by atoms with Crippen molar-refractivity contribution in [2.45, 2.75) is 51.4 Å². The minimum atomic E-state index is 0.174. The summed E-state index contributed by atoms with van der Waals surface area (Å²) in [6.07, 6.45) is 2.51. The second-order valence-electron chi connectivity index (χ2n) is 5.06. The zero-order chi connectivity index (χ0) is 13.8. The fourth-order valence-corrected chi connectivity index (χ4v) is 3.37. The number of Topliss-reactive ketones (excluding diaryl/α,β-unsaturated/α-hetero) is 1. The molecular formula is C13H22N4OS. The first-order valence-electron chi connectivity index (χ1n) is 6.88. The Balaban J connectivity index is 2.06. The second-order valence-corrected chi connectivity index (χ2v) is 6.00. The van der Waals surface area contributed by atoms with Gasteiger partial charge in [0, 0.05) is 12.6 Å². The molecule has 0 radical (unpaired) electrons. The largest absolute Gasteiger partial charge is 0.305 e. The second kappa shape index (κ2) is 6.52. The van der Waals surface area contributed by atoms with Crippen molar-refractivity contribution in [2.75, 3.05) is 18.8 Å². The van der Waals surface area contributed by atoms with Crippen LogP contribution in [0.2, 0.25) is 0 Å². The molecule has 0 amide bonds. The predicted octanol–water partition coefficient (Wildman–Crippen LogP) is 1.75. The molecular weight excluding hydrogens is 260 g/mol. The number of aryl methyl sites for hydroxylation is 1. The van der Waals surface area contributed by atoms with Crippen molar-refractivity contribution < 1.29 is 4.79 Å². The Kier molecular flexibility index (Phi) is 4.99. The lowest BCUT2D eigenvalue weighted by atomic mass is 10.2. The average Bonchev–Trinajstić information content (AvgIpc) is 2.96. The van der Waals surface area contributed by atoms with E-state index >= 15 is 0 Å². The number of likely N-dealkylation sites (tertiary alicyclic amines) is 1. The first-order chi connectivity index (χ1) is 9.11. The maximum atomic E-state index is 11.1. The number of carbonyl (C=O) groups excluding carboxylic acids is 1.